The van der Waals surface area contributed by atoms with Gasteiger partial charge >= 0.3 is 0 Å². The fourth-order valence-electron chi connectivity index (χ4n) is 3.35. The molecule has 0 aliphatic heterocycles. The summed E-state index contributed by atoms with van der Waals surface area (Å²) in [5.74, 6) is 0.609. The first-order chi connectivity index (χ1) is 12.9. The van der Waals surface area contributed by atoms with Crippen LogP contribution in [0.4, 0.5) is 11.4 Å². The van der Waals surface area contributed by atoms with Crippen LogP contribution < -0.4 is 10.5 Å². The number of aromatic nitrogens is 2. The van der Waals surface area contributed by atoms with Crippen molar-refractivity contribution in [3.8, 4) is 11.4 Å². The van der Waals surface area contributed by atoms with Gasteiger partial charge < -0.3 is 5.32 Å². The summed E-state index contributed by atoms with van der Waals surface area (Å²) in [6, 6.07) is 3.86. The molecule has 0 spiro atoms. The van der Waals surface area contributed by atoms with Gasteiger partial charge in [-0.1, -0.05) is 19.3 Å². The summed E-state index contributed by atoms with van der Waals surface area (Å²) in [7, 11) is -4.13. The van der Waals surface area contributed by atoms with Crippen LogP contribution in [0.25, 0.3) is 11.4 Å². The lowest BCUT2D eigenvalue weighted by atomic mass is 9.89. The molecule has 0 amide bonds. The minimum Gasteiger partial charge on any atom is -0.379 e. The summed E-state index contributed by atoms with van der Waals surface area (Å²) < 4.78 is 23.6. The van der Waals surface area contributed by atoms with Gasteiger partial charge in [-0.05, 0) is 30.9 Å². The molecule has 27 heavy (non-hydrogen) atoms. The van der Waals surface area contributed by atoms with Gasteiger partial charge in [-0.3, -0.25) is 10.1 Å². The van der Waals surface area contributed by atoms with E-state index in [1.807, 2.05) is 0 Å². The highest BCUT2D eigenvalue weighted by Crippen LogP contribution is 2.37. The Balaban J connectivity index is 2.08. The normalized spacial score (nSPS) is 15.4. The molecule has 1 aromatic carbocycles. The number of nitro benzene ring substituents is 1. The van der Waals surface area contributed by atoms with E-state index in [9.17, 15) is 18.5 Å². The number of sulfonamides is 1. The van der Waals surface area contributed by atoms with Crippen molar-refractivity contribution in [1.82, 2.24) is 9.97 Å². The van der Waals surface area contributed by atoms with Gasteiger partial charge in [0.2, 0.25) is 10.0 Å². The Morgan fingerprint density at radius 1 is 1.19 bits per heavy atom. The fourth-order valence-corrected chi connectivity index (χ4v) is 3.91. The Bertz CT molecular complexity index is 928. The Kier molecular flexibility index (Phi) is 5.66. The summed E-state index contributed by atoms with van der Waals surface area (Å²) in [4.78, 5) is 18.9. The van der Waals surface area contributed by atoms with Crippen molar-refractivity contribution in [2.24, 2.45) is 11.1 Å². The van der Waals surface area contributed by atoms with Crippen LogP contribution in [-0.4, -0.2) is 29.9 Å². The van der Waals surface area contributed by atoms with Gasteiger partial charge in [-0.25, -0.2) is 23.5 Å². The Morgan fingerprint density at radius 3 is 2.44 bits per heavy atom. The van der Waals surface area contributed by atoms with E-state index in [2.05, 4.69) is 15.3 Å². The van der Waals surface area contributed by atoms with E-state index in [1.54, 1.807) is 6.07 Å². The number of hydrogen-bond donors (Lipinski definition) is 2. The molecule has 1 aliphatic carbocycles. The van der Waals surface area contributed by atoms with Gasteiger partial charge in [0.05, 0.1) is 15.4 Å². The van der Waals surface area contributed by atoms with Crippen LogP contribution in [0.15, 0.2) is 35.5 Å². The monoisotopic (exact) mass is 391 g/mol. The lowest BCUT2D eigenvalue weighted by Gasteiger charge is -2.23. The Labute approximate surface area is 157 Å². The third kappa shape index (κ3) is 4.58. The molecule has 10 heteroatoms. The molecule has 3 N–H and O–H groups in total. The van der Waals surface area contributed by atoms with Crippen LogP contribution in [0.5, 0.6) is 0 Å². The molecule has 1 fully saturated rings. The molecule has 1 heterocycles. The number of nitrogens with zero attached hydrogens (tertiary/aromatic N) is 3. The number of benzene rings is 1. The first kappa shape index (κ1) is 19.2. The average molecular weight is 391 g/mol. The predicted octanol–water partition coefficient (Wildman–Crippen LogP) is 2.69. The summed E-state index contributed by atoms with van der Waals surface area (Å²) in [6.45, 7) is 0.565. The van der Waals surface area contributed by atoms with Crippen molar-refractivity contribution in [1.29, 1.82) is 0 Å². The molecule has 9 nitrogen and oxygen atoms in total. The number of nitrogens with one attached hydrogen (secondary N) is 1. The number of nitro groups is 1. The van der Waals surface area contributed by atoms with Gasteiger partial charge in [-0.2, -0.15) is 0 Å². The Hall–Kier alpha value is -2.59. The zero-order valence-electron chi connectivity index (χ0n) is 14.7. The molecular weight excluding hydrogens is 370 g/mol. The smallest absolute Gasteiger partial charge is 0.294 e. The first-order valence-corrected chi connectivity index (χ1v) is 10.3. The molecule has 0 atom stereocenters. The molecule has 0 radical (unpaired) electrons. The van der Waals surface area contributed by atoms with Crippen molar-refractivity contribution in [2.75, 3.05) is 11.9 Å². The molecule has 0 unspecified atom stereocenters. The van der Waals surface area contributed by atoms with Gasteiger partial charge in [0, 0.05) is 25.0 Å². The second-order valence-electron chi connectivity index (χ2n) is 6.62. The second kappa shape index (κ2) is 7.97. The van der Waals surface area contributed by atoms with Crippen LogP contribution in [0.1, 0.15) is 32.1 Å². The molecule has 2 aromatic rings. The molecule has 0 bridgehead atoms. The van der Waals surface area contributed by atoms with E-state index in [0.29, 0.717) is 12.5 Å². The largest absolute Gasteiger partial charge is 0.379 e. The minimum absolute atomic E-state index is 0.192. The van der Waals surface area contributed by atoms with Gasteiger partial charge in [0.15, 0.2) is 5.82 Å². The number of hydrogen-bond acceptors (Lipinski definition) is 7. The number of rotatable bonds is 6. The van der Waals surface area contributed by atoms with Crippen LogP contribution >= 0.6 is 0 Å². The van der Waals surface area contributed by atoms with E-state index in [0.717, 1.165) is 31.7 Å². The molecular formula is C17H21N5O4S. The molecule has 144 valence electrons. The van der Waals surface area contributed by atoms with E-state index < -0.39 is 14.9 Å². The zero-order valence-corrected chi connectivity index (χ0v) is 15.5. The standard InChI is InChI=1S/C17H21N5O4S/c18-27(25,26)13-9-14(17-19-7-4-8-20-17)16(15(10-13)22(23)24)21-11-12-5-2-1-3-6-12/h4,7-10,12,21H,1-3,5-6,11H2,(H2,18,25,26). The van der Waals surface area contributed by atoms with E-state index >= 15 is 0 Å². The average Bonchev–Trinajstić information content (AvgIpc) is 2.66. The zero-order chi connectivity index (χ0) is 19.4. The minimum atomic E-state index is -4.13. The van der Waals surface area contributed by atoms with Crippen LogP contribution in [0.2, 0.25) is 0 Å². The molecule has 0 saturated heterocycles. The summed E-state index contributed by atoms with van der Waals surface area (Å²) in [6.07, 6.45) is 8.61. The highest BCUT2D eigenvalue weighted by molar-refractivity contribution is 7.89. The van der Waals surface area contributed by atoms with E-state index in [1.165, 1.54) is 24.9 Å². The number of primary sulfonamides is 1. The SMILES string of the molecule is NS(=O)(=O)c1cc(-c2ncccn2)c(NCC2CCCCC2)c([N+](=O)[O-])c1. The van der Waals surface area contributed by atoms with E-state index in [4.69, 9.17) is 5.14 Å². The number of nitrogens with two attached hydrogens (primary N) is 1. The third-order valence-electron chi connectivity index (χ3n) is 4.72. The van der Waals surface area contributed by atoms with Crippen LogP contribution in [0, 0.1) is 16.0 Å². The summed E-state index contributed by atoms with van der Waals surface area (Å²) in [5.41, 5.74) is 0.0913. The maximum Gasteiger partial charge on any atom is 0.294 e. The van der Waals surface area contributed by atoms with Crippen molar-refractivity contribution in [3.05, 3.63) is 40.7 Å². The van der Waals surface area contributed by atoms with Crippen molar-refractivity contribution < 1.29 is 13.3 Å². The summed E-state index contributed by atoms with van der Waals surface area (Å²) in [5, 5.41) is 20.0. The molecule has 3 rings (SSSR count). The second-order valence-corrected chi connectivity index (χ2v) is 8.19. The van der Waals surface area contributed by atoms with Gasteiger partial charge in [0.25, 0.3) is 5.69 Å². The van der Waals surface area contributed by atoms with Gasteiger partial charge in [0.1, 0.15) is 5.69 Å². The Morgan fingerprint density at radius 2 is 1.85 bits per heavy atom. The topological polar surface area (TPSA) is 141 Å². The highest BCUT2D eigenvalue weighted by Gasteiger charge is 2.26. The maximum atomic E-state index is 11.8. The lowest BCUT2D eigenvalue weighted by Crippen LogP contribution is -2.19. The van der Waals surface area contributed by atoms with Crippen LogP contribution in [-0.2, 0) is 10.0 Å². The van der Waals surface area contributed by atoms with Gasteiger partial charge in [-0.15, -0.1) is 0 Å². The summed E-state index contributed by atoms with van der Waals surface area (Å²) >= 11 is 0. The fraction of sp³-hybridized carbons (Fsp3) is 0.412. The highest BCUT2D eigenvalue weighted by atomic mass is 32.2. The lowest BCUT2D eigenvalue weighted by molar-refractivity contribution is -0.384. The van der Waals surface area contributed by atoms with Crippen molar-refractivity contribution in [3.63, 3.8) is 0 Å². The molecule has 1 aliphatic rings. The molecule has 1 aromatic heterocycles. The first-order valence-electron chi connectivity index (χ1n) is 8.73. The van der Waals surface area contributed by atoms with Crippen LogP contribution in [0.3, 0.4) is 0 Å². The molecule has 1 saturated carbocycles. The van der Waals surface area contributed by atoms with Crippen molar-refractivity contribution in [2.45, 2.75) is 37.0 Å². The third-order valence-corrected chi connectivity index (χ3v) is 5.61. The quantitative estimate of drug-likeness (QED) is 0.569. The predicted molar refractivity (Wildman–Crippen MR) is 101 cm³/mol. The number of anilines is 1. The van der Waals surface area contributed by atoms with Crippen molar-refractivity contribution >= 4 is 21.4 Å². The van der Waals surface area contributed by atoms with E-state index in [-0.39, 0.29) is 27.7 Å². The maximum absolute atomic E-state index is 11.8.